The summed E-state index contributed by atoms with van der Waals surface area (Å²) in [6.45, 7) is 12.2. The van der Waals surface area contributed by atoms with Crippen LogP contribution in [0.25, 0.3) is 0 Å². The van der Waals surface area contributed by atoms with Gasteiger partial charge in [-0.25, -0.2) is 4.98 Å². The Hall–Kier alpha value is -1.78. The van der Waals surface area contributed by atoms with Gasteiger partial charge in [0.25, 0.3) is 0 Å². The van der Waals surface area contributed by atoms with E-state index < -0.39 is 0 Å². The highest BCUT2D eigenvalue weighted by Crippen LogP contribution is 2.28. The average molecular weight is 262 g/mol. The molecule has 2 rings (SSSR count). The molecular weight excluding hydrogens is 240 g/mol. The Morgan fingerprint density at radius 2 is 1.95 bits per heavy atom. The van der Waals surface area contributed by atoms with E-state index in [0.29, 0.717) is 5.89 Å². The third-order valence-electron chi connectivity index (χ3n) is 3.37. The minimum absolute atomic E-state index is 0.0426. The molecule has 2 aromatic rings. The second-order valence-electron chi connectivity index (χ2n) is 6.02. The van der Waals surface area contributed by atoms with Crippen LogP contribution in [-0.4, -0.2) is 14.8 Å². The highest BCUT2D eigenvalue weighted by atomic mass is 16.4. The van der Waals surface area contributed by atoms with Crippen LogP contribution in [0.2, 0.25) is 0 Å². The first kappa shape index (κ1) is 13.6. The number of hydrogen-bond donors (Lipinski definition) is 1. The summed E-state index contributed by atoms with van der Waals surface area (Å²) in [5, 5.41) is 4.45. The van der Waals surface area contributed by atoms with E-state index in [1.54, 1.807) is 6.20 Å². The van der Waals surface area contributed by atoms with Gasteiger partial charge >= 0.3 is 0 Å². The largest absolute Gasteiger partial charge is 0.443 e. The maximum Gasteiger partial charge on any atom is 0.218 e. The number of aryl methyl sites for hydroxylation is 1. The molecule has 0 amide bonds. The standard InChI is InChI=1S/C14H22N4O/c1-8-12(15)9(2)18(17-8)10(3)13-16-7-11(19-13)14(4,5)6/h7,10H,15H2,1-6H3/t10-/m1/s1. The van der Waals surface area contributed by atoms with Crippen molar-refractivity contribution < 1.29 is 4.42 Å². The SMILES string of the molecule is Cc1nn([C@H](C)c2ncc(C(C)(C)C)o2)c(C)c1N. The van der Waals surface area contributed by atoms with E-state index in [9.17, 15) is 0 Å². The molecule has 0 unspecified atom stereocenters. The maximum absolute atomic E-state index is 5.96. The molecule has 2 N–H and O–H groups in total. The lowest BCUT2D eigenvalue weighted by Crippen LogP contribution is -2.12. The molecule has 0 radical (unpaired) electrons. The summed E-state index contributed by atoms with van der Waals surface area (Å²) in [5.41, 5.74) is 8.43. The molecule has 5 heteroatoms. The number of hydrogen-bond acceptors (Lipinski definition) is 4. The first-order valence-electron chi connectivity index (χ1n) is 6.49. The van der Waals surface area contributed by atoms with E-state index in [-0.39, 0.29) is 11.5 Å². The first-order chi connectivity index (χ1) is 8.71. The molecule has 0 saturated carbocycles. The van der Waals surface area contributed by atoms with E-state index in [0.717, 1.165) is 22.8 Å². The van der Waals surface area contributed by atoms with Gasteiger partial charge in [0.2, 0.25) is 5.89 Å². The van der Waals surface area contributed by atoms with Crippen molar-refractivity contribution in [1.29, 1.82) is 0 Å². The van der Waals surface area contributed by atoms with E-state index >= 15 is 0 Å². The van der Waals surface area contributed by atoms with E-state index in [1.165, 1.54) is 0 Å². The summed E-state index contributed by atoms with van der Waals surface area (Å²) in [7, 11) is 0. The van der Waals surface area contributed by atoms with Crippen molar-refractivity contribution in [3.05, 3.63) is 29.2 Å². The summed E-state index contributed by atoms with van der Waals surface area (Å²) in [6.07, 6.45) is 1.79. The average Bonchev–Trinajstić information content (AvgIpc) is 2.89. The third kappa shape index (κ3) is 2.37. The smallest absolute Gasteiger partial charge is 0.218 e. The molecule has 0 aliphatic rings. The Labute approximate surface area is 113 Å². The van der Waals surface area contributed by atoms with Crippen LogP contribution < -0.4 is 5.73 Å². The second kappa shape index (κ2) is 4.40. The topological polar surface area (TPSA) is 69.9 Å². The second-order valence-corrected chi connectivity index (χ2v) is 6.02. The summed E-state index contributed by atoms with van der Waals surface area (Å²) in [6, 6.07) is -0.0629. The number of anilines is 1. The molecule has 0 saturated heterocycles. The number of aromatic nitrogens is 3. The van der Waals surface area contributed by atoms with E-state index in [1.807, 2.05) is 25.5 Å². The van der Waals surface area contributed by atoms with Crippen molar-refractivity contribution in [3.8, 4) is 0 Å². The molecule has 104 valence electrons. The Bertz CT molecular complexity index is 589. The molecule has 1 atom stereocenters. The lowest BCUT2D eigenvalue weighted by atomic mass is 9.94. The predicted molar refractivity (Wildman–Crippen MR) is 75.1 cm³/mol. The van der Waals surface area contributed by atoms with E-state index in [2.05, 4.69) is 30.9 Å². The zero-order valence-electron chi connectivity index (χ0n) is 12.5. The lowest BCUT2D eigenvalue weighted by Gasteiger charge is -2.14. The molecule has 0 aliphatic carbocycles. The Morgan fingerprint density at radius 1 is 1.32 bits per heavy atom. The fraction of sp³-hybridized carbons (Fsp3) is 0.571. The van der Waals surface area contributed by atoms with Crippen LogP contribution in [0.3, 0.4) is 0 Å². The van der Waals surface area contributed by atoms with Crippen LogP contribution in [0.5, 0.6) is 0 Å². The summed E-state index contributed by atoms with van der Waals surface area (Å²) in [5.74, 6) is 1.54. The third-order valence-corrected chi connectivity index (χ3v) is 3.37. The van der Waals surface area contributed by atoms with Gasteiger partial charge in [-0.15, -0.1) is 0 Å². The number of oxazole rings is 1. The van der Waals surface area contributed by atoms with Crippen molar-refractivity contribution in [2.45, 2.75) is 53.0 Å². The molecule has 0 fully saturated rings. The van der Waals surface area contributed by atoms with Gasteiger partial charge in [-0.2, -0.15) is 5.10 Å². The van der Waals surface area contributed by atoms with Crippen molar-refractivity contribution in [3.63, 3.8) is 0 Å². The van der Waals surface area contributed by atoms with Gasteiger partial charge in [0.1, 0.15) is 11.8 Å². The van der Waals surface area contributed by atoms with Crippen molar-refractivity contribution in [2.24, 2.45) is 0 Å². The fourth-order valence-corrected chi connectivity index (χ4v) is 1.98. The summed E-state index contributed by atoms with van der Waals surface area (Å²) in [4.78, 5) is 4.37. The quantitative estimate of drug-likeness (QED) is 0.903. The van der Waals surface area contributed by atoms with Gasteiger partial charge in [0.05, 0.1) is 23.3 Å². The number of rotatable bonds is 2. The summed E-state index contributed by atoms with van der Waals surface area (Å²) < 4.78 is 7.72. The number of nitrogen functional groups attached to an aromatic ring is 1. The van der Waals surface area contributed by atoms with Crippen LogP contribution in [0.15, 0.2) is 10.6 Å². The molecule has 2 aromatic heterocycles. The Balaban J connectivity index is 2.36. The molecule has 2 heterocycles. The van der Waals surface area contributed by atoms with Crippen LogP contribution in [-0.2, 0) is 5.41 Å². The zero-order valence-corrected chi connectivity index (χ0v) is 12.5. The van der Waals surface area contributed by atoms with Crippen LogP contribution in [0.1, 0.15) is 56.8 Å². The molecule has 0 bridgehead atoms. The van der Waals surface area contributed by atoms with Gasteiger partial charge in [0, 0.05) is 5.41 Å². The van der Waals surface area contributed by atoms with Gasteiger partial charge in [-0.3, -0.25) is 4.68 Å². The van der Waals surface area contributed by atoms with Gasteiger partial charge in [0.15, 0.2) is 0 Å². The van der Waals surface area contributed by atoms with Crippen molar-refractivity contribution in [2.75, 3.05) is 5.73 Å². The van der Waals surface area contributed by atoms with Crippen LogP contribution >= 0.6 is 0 Å². The Morgan fingerprint density at radius 3 is 2.37 bits per heavy atom. The molecule has 5 nitrogen and oxygen atoms in total. The van der Waals surface area contributed by atoms with Crippen molar-refractivity contribution in [1.82, 2.24) is 14.8 Å². The zero-order chi connectivity index (χ0) is 14.4. The maximum atomic E-state index is 5.96. The molecule has 0 aromatic carbocycles. The van der Waals surface area contributed by atoms with Crippen molar-refractivity contribution >= 4 is 5.69 Å². The number of nitrogens with two attached hydrogens (primary N) is 1. The van der Waals surface area contributed by atoms with Gasteiger partial charge in [-0.05, 0) is 20.8 Å². The predicted octanol–water partition coefficient (Wildman–Crippen LogP) is 2.98. The monoisotopic (exact) mass is 262 g/mol. The molecule has 0 aliphatic heterocycles. The fourth-order valence-electron chi connectivity index (χ4n) is 1.98. The van der Waals surface area contributed by atoms with Gasteiger partial charge < -0.3 is 10.2 Å². The lowest BCUT2D eigenvalue weighted by molar-refractivity contribution is 0.346. The minimum Gasteiger partial charge on any atom is -0.443 e. The van der Waals surface area contributed by atoms with Gasteiger partial charge in [-0.1, -0.05) is 20.8 Å². The minimum atomic E-state index is -0.0629. The molecular formula is C14H22N4O. The highest BCUT2D eigenvalue weighted by Gasteiger charge is 2.23. The molecule has 19 heavy (non-hydrogen) atoms. The first-order valence-corrected chi connectivity index (χ1v) is 6.49. The molecule has 0 spiro atoms. The highest BCUT2D eigenvalue weighted by molar-refractivity contribution is 5.47. The van der Waals surface area contributed by atoms with Crippen LogP contribution in [0, 0.1) is 13.8 Å². The Kier molecular flexibility index (Phi) is 3.16. The van der Waals surface area contributed by atoms with Crippen LogP contribution in [0.4, 0.5) is 5.69 Å². The summed E-state index contributed by atoms with van der Waals surface area (Å²) >= 11 is 0. The normalized spacial score (nSPS) is 13.8. The van der Waals surface area contributed by atoms with E-state index in [4.69, 9.17) is 10.2 Å². The number of nitrogens with zero attached hydrogens (tertiary/aromatic N) is 3.